The first-order valence-electron chi connectivity index (χ1n) is 9.09. The molecule has 0 bridgehead atoms. The minimum atomic E-state index is 0. The second-order valence-corrected chi connectivity index (χ2v) is 6.54. The lowest BCUT2D eigenvalue weighted by atomic mass is 10.2. The summed E-state index contributed by atoms with van der Waals surface area (Å²) in [7, 11) is 5.94. The topological polar surface area (TPSA) is 58.1 Å². The molecule has 0 radical (unpaired) electrons. The van der Waals surface area contributed by atoms with Crippen LogP contribution in [0.2, 0.25) is 0 Å². The number of benzene rings is 1. The summed E-state index contributed by atoms with van der Waals surface area (Å²) in [6, 6.07) is 8.15. The van der Waals surface area contributed by atoms with Crippen molar-refractivity contribution < 1.29 is 9.47 Å². The Balaban J connectivity index is 0.00000338. The average Bonchev–Trinajstić information content (AvgIpc) is 3.44. The van der Waals surface area contributed by atoms with E-state index in [1.807, 2.05) is 24.3 Å². The van der Waals surface area contributed by atoms with Gasteiger partial charge < -0.3 is 25.0 Å². The van der Waals surface area contributed by atoms with Gasteiger partial charge in [0, 0.05) is 12.6 Å². The van der Waals surface area contributed by atoms with Crippen molar-refractivity contribution in [3.8, 4) is 11.5 Å². The minimum absolute atomic E-state index is 0. The Morgan fingerprint density at radius 3 is 2.38 bits per heavy atom. The highest BCUT2D eigenvalue weighted by Gasteiger charge is 2.32. The molecule has 0 spiro atoms. The number of hydrogen-bond acceptors (Lipinski definition) is 4. The van der Waals surface area contributed by atoms with Crippen molar-refractivity contribution in [1.82, 2.24) is 15.5 Å². The maximum absolute atomic E-state index is 5.74. The molecule has 2 N–H and O–H groups in total. The van der Waals surface area contributed by atoms with Gasteiger partial charge in [0.05, 0.1) is 20.2 Å². The average molecular weight is 476 g/mol. The van der Waals surface area contributed by atoms with Gasteiger partial charge in [0.15, 0.2) is 5.96 Å². The van der Waals surface area contributed by atoms with Crippen LogP contribution < -0.4 is 20.1 Å². The summed E-state index contributed by atoms with van der Waals surface area (Å²) in [5.74, 6) is 3.33. The van der Waals surface area contributed by atoms with Gasteiger partial charge in [-0.1, -0.05) is 0 Å². The predicted molar refractivity (Wildman–Crippen MR) is 118 cm³/mol. The molecule has 1 saturated carbocycles. The van der Waals surface area contributed by atoms with Crippen LogP contribution in [-0.4, -0.2) is 64.3 Å². The fourth-order valence-corrected chi connectivity index (χ4v) is 2.75. The van der Waals surface area contributed by atoms with E-state index in [1.165, 1.54) is 12.8 Å². The third kappa shape index (κ3) is 7.99. The van der Waals surface area contributed by atoms with Crippen molar-refractivity contribution >= 4 is 29.9 Å². The Hall–Kier alpha value is -1.22. The SMILES string of the molecule is CCNC(=NCC(C1CC1)N(C)C)NCCOc1ccc(OC)cc1.I. The van der Waals surface area contributed by atoms with Crippen LogP contribution in [0.3, 0.4) is 0 Å². The first-order chi connectivity index (χ1) is 12.1. The molecule has 1 unspecified atom stereocenters. The molecule has 0 heterocycles. The maximum atomic E-state index is 5.74. The summed E-state index contributed by atoms with van der Waals surface area (Å²) in [5.41, 5.74) is 0. The van der Waals surface area contributed by atoms with E-state index in [0.29, 0.717) is 19.2 Å². The van der Waals surface area contributed by atoms with Crippen LogP contribution in [0.5, 0.6) is 11.5 Å². The van der Waals surface area contributed by atoms with Gasteiger partial charge in [-0.2, -0.15) is 0 Å². The molecule has 6 nitrogen and oxygen atoms in total. The van der Waals surface area contributed by atoms with E-state index in [2.05, 4.69) is 36.6 Å². The molecule has 1 fully saturated rings. The highest BCUT2D eigenvalue weighted by molar-refractivity contribution is 14.0. The number of aliphatic imine (C=N–C) groups is 1. The van der Waals surface area contributed by atoms with E-state index in [0.717, 1.165) is 36.5 Å². The monoisotopic (exact) mass is 476 g/mol. The van der Waals surface area contributed by atoms with Gasteiger partial charge in [0.2, 0.25) is 0 Å². The molecule has 1 aliphatic rings. The van der Waals surface area contributed by atoms with Crippen LogP contribution in [0.1, 0.15) is 19.8 Å². The van der Waals surface area contributed by atoms with Gasteiger partial charge in [0.1, 0.15) is 18.1 Å². The van der Waals surface area contributed by atoms with Crippen LogP contribution in [0.15, 0.2) is 29.3 Å². The first-order valence-corrected chi connectivity index (χ1v) is 9.09. The lowest BCUT2D eigenvalue weighted by molar-refractivity contribution is 0.271. The zero-order chi connectivity index (χ0) is 18.1. The summed E-state index contributed by atoms with van der Waals surface area (Å²) in [6.07, 6.45) is 2.66. The quantitative estimate of drug-likeness (QED) is 0.235. The van der Waals surface area contributed by atoms with Crippen LogP contribution in [0.4, 0.5) is 0 Å². The second-order valence-electron chi connectivity index (χ2n) is 6.54. The van der Waals surface area contributed by atoms with Crippen LogP contribution in [0, 0.1) is 5.92 Å². The molecule has 1 atom stereocenters. The van der Waals surface area contributed by atoms with E-state index < -0.39 is 0 Å². The van der Waals surface area contributed by atoms with Gasteiger partial charge in [-0.25, -0.2) is 0 Å². The third-order valence-electron chi connectivity index (χ3n) is 4.33. The molecule has 2 rings (SSSR count). The van der Waals surface area contributed by atoms with Gasteiger partial charge >= 0.3 is 0 Å². The van der Waals surface area contributed by atoms with E-state index in [9.17, 15) is 0 Å². The molecule has 0 amide bonds. The van der Waals surface area contributed by atoms with Crippen LogP contribution >= 0.6 is 24.0 Å². The maximum Gasteiger partial charge on any atom is 0.191 e. The van der Waals surface area contributed by atoms with Gasteiger partial charge in [-0.05, 0) is 64.0 Å². The van der Waals surface area contributed by atoms with Gasteiger partial charge in [-0.15, -0.1) is 24.0 Å². The van der Waals surface area contributed by atoms with Crippen LogP contribution in [-0.2, 0) is 0 Å². The number of halogens is 1. The number of ether oxygens (including phenoxy) is 2. The molecular formula is C19H33IN4O2. The number of rotatable bonds is 10. The lowest BCUT2D eigenvalue weighted by Gasteiger charge is -2.23. The molecule has 0 aliphatic heterocycles. The first kappa shape index (κ1) is 22.8. The second kappa shape index (κ2) is 12.2. The third-order valence-corrected chi connectivity index (χ3v) is 4.33. The number of methoxy groups -OCH3 is 1. The highest BCUT2D eigenvalue weighted by atomic mass is 127. The van der Waals surface area contributed by atoms with E-state index in [-0.39, 0.29) is 24.0 Å². The fraction of sp³-hybridized carbons (Fsp3) is 0.632. The number of likely N-dealkylation sites (N-methyl/N-ethyl adjacent to an activating group) is 1. The largest absolute Gasteiger partial charge is 0.497 e. The van der Waals surface area contributed by atoms with Crippen molar-refractivity contribution in [2.75, 3.05) is 47.4 Å². The summed E-state index contributed by atoms with van der Waals surface area (Å²) in [4.78, 5) is 7.03. The van der Waals surface area contributed by atoms with Crippen molar-refractivity contribution in [1.29, 1.82) is 0 Å². The number of nitrogens with zero attached hydrogens (tertiary/aromatic N) is 2. The zero-order valence-electron chi connectivity index (χ0n) is 16.3. The fourth-order valence-electron chi connectivity index (χ4n) is 2.75. The molecule has 1 aromatic carbocycles. The van der Waals surface area contributed by atoms with Crippen molar-refractivity contribution in [2.45, 2.75) is 25.8 Å². The summed E-state index contributed by atoms with van der Waals surface area (Å²) in [5, 5.41) is 6.64. The molecule has 148 valence electrons. The van der Waals surface area contributed by atoms with Crippen molar-refractivity contribution in [2.24, 2.45) is 10.9 Å². The van der Waals surface area contributed by atoms with E-state index >= 15 is 0 Å². The molecule has 1 aliphatic carbocycles. The number of hydrogen-bond donors (Lipinski definition) is 2. The minimum Gasteiger partial charge on any atom is -0.497 e. The Kier molecular flexibility index (Phi) is 10.7. The van der Waals surface area contributed by atoms with Crippen molar-refractivity contribution in [3.63, 3.8) is 0 Å². The van der Waals surface area contributed by atoms with E-state index in [1.54, 1.807) is 7.11 Å². The summed E-state index contributed by atoms with van der Waals surface area (Å²) in [6.45, 7) is 5.04. The Bertz CT molecular complexity index is 531. The number of guanidine groups is 1. The smallest absolute Gasteiger partial charge is 0.191 e. The summed E-state index contributed by atoms with van der Waals surface area (Å²) >= 11 is 0. The number of nitrogens with one attached hydrogen (secondary N) is 2. The molecular weight excluding hydrogens is 443 g/mol. The normalized spacial score (nSPS) is 15.2. The molecule has 26 heavy (non-hydrogen) atoms. The molecule has 1 aromatic rings. The Morgan fingerprint density at radius 2 is 1.85 bits per heavy atom. The molecule has 0 aromatic heterocycles. The molecule has 7 heteroatoms. The van der Waals surface area contributed by atoms with Crippen molar-refractivity contribution in [3.05, 3.63) is 24.3 Å². The Morgan fingerprint density at radius 1 is 1.19 bits per heavy atom. The zero-order valence-corrected chi connectivity index (χ0v) is 18.7. The van der Waals surface area contributed by atoms with Gasteiger partial charge in [-0.3, -0.25) is 4.99 Å². The highest BCUT2D eigenvalue weighted by Crippen LogP contribution is 2.34. The Labute approximate surface area is 174 Å². The van der Waals surface area contributed by atoms with Crippen LogP contribution in [0.25, 0.3) is 0 Å². The summed E-state index contributed by atoms with van der Waals surface area (Å²) < 4.78 is 10.9. The van der Waals surface area contributed by atoms with E-state index in [4.69, 9.17) is 14.5 Å². The standard InChI is InChI=1S/C19H32N4O2.HI/c1-5-20-19(22-14-18(23(2)3)15-6-7-15)21-12-13-25-17-10-8-16(24-4)9-11-17;/h8-11,15,18H,5-7,12-14H2,1-4H3,(H2,20,21,22);1H. The van der Waals surface area contributed by atoms with Gasteiger partial charge in [0.25, 0.3) is 0 Å². The predicted octanol–water partition coefficient (Wildman–Crippen LogP) is 2.59. The molecule has 0 saturated heterocycles. The lowest BCUT2D eigenvalue weighted by Crippen LogP contribution is -2.41.